The molecule has 3 aromatic rings. The maximum atomic E-state index is 12.4. The number of rotatable bonds is 2. The van der Waals surface area contributed by atoms with Crippen molar-refractivity contribution in [3.8, 4) is 11.6 Å². The molecule has 1 N–H and O–H groups in total. The van der Waals surface area contributed by atoms with Crippen LogP contribution in [0.25, 0.3) is 17.3 Å². The van der Waals surface area contributed by atoms with Crippen LogP contribution < -0.4 is 4.87 Å². The first-order valence-corrected chi connectivity index (χ1v) is 8.81. The summed E-state index contributed by atoms with van der Waals surface area (Å²) in [7, 11) is 0. The molecule has 0 fully saturated rings. The fraction of sp³-hybridized carbons (Fsp3) is 0.0526. The molecule has 124 valence electrons. The number of para-hydroxylation sites is 1. The lowest BCUT2D eigenvalue weighted by molar-refractivity contribution is 0.440. The minimum atomic E-state index is -0.271. The largest absolute Gasteiger partial charge is 0.493 e. The van der Waals surface area contributed by atoms with Gasteiger partial charge in [-0.05, 0) is 37.3 Å². The highest BCUT2D eigenvalue weighted by Crippen LogP contribution is 2.37. The molecule has 0 spiro atoms. The van der Waals surface area contributed by atoms with E-state index in [1.54, 1.807) is 24.3 Å². The maximum Gasteiger partial charge on any atom is 0.315 e. The lowest BCUT2D eigenvalue weighted by Gasteiger charge is -2.04. The Bertz CT molecular complexity index is 1110. The van der Waals surface area contributed by atoms with Crippen molar-refractivity contribution in [1.82, 2.24) is 4.57 Å². The lowest BCUT2D eigenvalue weighted by Crippen LogP contribution is -2.09. The Morgan fingerprint density at radius 2 is 2.00 bits per heavy atom. The van der Waals surface area contributed by atoms with Crippen LogP contribution in [0.5, 0.6) is 5.88 Å². The zero-order chi connectivity index (χ0) is 17.6. The van der Waals surface area contributed by atoms with E-state index in [-0.39, 0.29) is 10.8 Å². The van der Waals surface area contributed by atoms with E-state index in [1.165, 1.54) is 4.57 Å². The minimum Gasteiger partial charge on any atom is -0.493 e. The SMILES string of the molecule is CC1=Nc2ccccc2C1=Cc1sc(=O)n(-c2cccc(Cl)c2)c1O. The first-order chi connectivity index (χ1) is 12.0. The monoisotopic (exact) mass is 368 g/mol. The molecule has 6 heteroatoms. The van der Waals surface area contributed by atoms with Crippen LogP contribution in [0.2, 0.25) is 5.02 Å². The van der Waals surface area contributed by atoms with Gasteiger partial charge in [-0.3, -0.25) is 9.79 Å². The van der Waals surface area contributed by atoms with E-state index in [1.807, 2.05) is 37.3 Å². The molecule has 1 aliphatic heterocycles. The molecule has 2 aromatic carbocycles. The van der Waals surface area contributed by atoms with Gasteiger partial charge in [0.2, 0.25) is 5.88 Å². The summed E-state index contributed by atoms with van der Waals surface area (Å²) in [6.45, 7) is 1.92. The Kier molecular flexibility index (Phi) is 3.82. The lowest BCUT2D eigenvalue weighted by atomic mass is 10.0. The zero-order valence-electron chi connectivity index (χ0n) is 13.2. The van der Waals surface area contributed by atoms with Crippen LogP contribution in [0.3, 0.4) is 0 Å². The van der Waals surface area contributed by atoms with Gasteiger partial charge in [-0.15, -0.1) is 0 Å². The van der Waals surface area contributed by atoms with Gasteiger partial charge >= 0.3 is 4.87 Å². The van der Waals surface area contributed by atoms with Gasteiger partial charge in [-0.2, -0.15) is 0 Å². The average Bonchev–Trinajstić information content (AvgIpc) is 3.04. The van der Waals surface area contributed by atoms with Gasteiger partial charge in [0.1, 0.15) is 0 Å². The van der Waals surface area contributed by atoms with E-state index < -0.39 is 0 Å². The number of benzene rings is 2. The number of aromatic nitrogens is 1. The summed E-state index contributed by atoms with van der Waals surface area (Å²) in [5.41, 5.74) is 4.19. The van der Waals surface area contributed by atoms with Crippen molar-refractivity contribution in [3.05, 3.63) is 73.7 Å². The van der Waals surface area contributed by atoms with Crippen molar-refractivity contribution in [2.75, 3.05) is 0 Å². The van der Waals surface area contributed by atoms with Crippen LogP contribution in [0.15, 0.2) is 58.3 Å². The highest BCUT2D eigenvalue weighted by molar-refractivity contribution is 7.10. The third-order valence-corrected chi connectivity index (χ3v) is 5.14. The number of fused-ring (bicyclic) bond motifs is 1. The molecule has 2 heterocycles. The number of thiazole rings is 1. The van der Waals surface area contributed by atoms with E-state index in [0.29, 0.717) is 15.6 Å². The predicted molar refractivity (Wildman–Crippen MR) is 104 cm³/mol. The van der Waals surface area contributed by atoms with E-state index in [0.717, 1.165) is 33.9 Å². The van der Waals surface area contributed by atoms with E-state index in [2.05, 4.69) is 4.99 Å². The van der Waals surface area contributed by atoms with Gasteiger partial charge in [0.05, 0.1) is 16.3 Å². The fourth-order valence-electron chi connectivity index (χ4n) is 2.87. The minimum absolute atomic E-state index is 0.0954. The Morgan fingerprint density at radius 1 is 1.20 bits per heavy atom. The summed E-state index contributed by atoms with van der Waals surface area (Å²) in [4.78, 5) is 17.1. The number of hydrogen-bond acceptors (Lipinski definition) is 4. The van der Waals surface area contributed by atoms with Crippen molar-refractivity contribution in [2.24, 2.45) is 4.99 Å². The predicted octanol–water partition coefficient (Wildman–Crippen LogP) is 4.90. The first kappa shape index (κ1) is 15.9. The Labute approximate surface area is 153 Å². The molecular formula is C19H13ClN2O2S. The summed E-state index contributed by atoms with van der Waals surface area (Å²) in [5, 5.41) is 11.1. The fourth-order valence-corrected chi connectivity index (χ4v) is 3.88. The van der Waals surface area contributed by atoms with Gasteiger partial charge < -0.3 is 5.11 Å². The molecule has 1 aliphatic rings. The molecule has 0 saturated carbocycles. The number of hydrogen-bond donors (Lipinski definition) is 1. The summed E-state index contributed by atoms with van der Waals surface area (Å²) in [5.74, 6) is -0.0954. The second-order valence-electron chi connectivity index (χ2n) is 5.64. The molecule has 0 atom stereocenters. The molecule has 0 amide bonds. The summed E-state index contributed by atoms with van der Waals surface area (Å²) >= 11 is 6.99. The number of aromatic hydroxyl groups is 1. The Morgan fingerprint density at radius 3 is 2.80 bits per heavy atom. The van der Waals surface area contributed by atoms with Crippen molar-refractivity contribution in [1.29, 1.82) is 0 Å². The third-order valence-electron chi connectivity index (χ3n) is 4.03. The van der Waals surface area contributed by atoms with Crippen molar-refractivity contribution in [2.45, 2.75) is 6.92 Å². The number of aliphatic imine (C=N–C) groups is 1. The second kappa shape index (κ2) is 6.02. The van der Waals surface area contributed by atoms with Crippen LogP contribution in [-0.2, 0) is 0 Å². The maximum absolute atomic E-state index is 12.4. The third kappa shape index (κ3) is 2.71. The molecule has 0 bridgehead atoms. The smallest absolute Gasteiger partial charge is 0.315 e. The van der Waals surface area contributed by atoms with Gasteiger partial charge in [0.25, 0.3) is 0 Å². The average molecular weight is 369 g/mol. The normalized spacial score (nSPS) is 14.6. The number of allylic oxidation sites excluding steroid dienone is 1. The van der Waals surface area contributed by atoms with Crippen molar-refractivity contribution >= 4 is 46.0 Å². The van der Waals surface area contributed by atoms with E-state index >= 15 is 0 Å². The summed E-state index contributed by atoms with van der Waals surface area (Å²) in [6, 6.07) is 14.6. The van der Waals surface area contributed by atoms with Crippen molar-refractivity contribution in [3.63, 3.8) is 0 Å². The number of halogens is 1. The van der Waals surface area contributed by atoms with Gasteiger partial charge in [-0.1, -0.05) is 47.2 Å². The Balaban J connectivity index is 1.85. The van der Waals surface area contributed by atoms with E-state index in [4.69, 9.17) is 11.6 Å². The van der Waals surface area contributed by atoms with Crippen molar-refractivity contribution < 1.29 is 5.11 Å². The molecule has 4 nitrogen and oxygen atoms in total. The topological polar surface area (TPSA) is 54.6 Å². The van der Waals surface area contributed by atoms with Crippen LogP contribution in [0.4, 0.5) is 5.69 Å². The molecule has 0 aliphatic carbocycles. The van der Waals surface area contributed by atoms with E-state index in [9.17, 15) is 9.90 Å². The summed E-state index contributed by atoms with van der Waals surface area (Å²) < 4.78 is 1.26. The second-order valence-corrected chi connectivity index (χ2v) is 7.07. The molecule has 1 aromatic heterocycles. The summed E-state index contributed by atoms with van der Waals surface area (Å²) in [6.07, 6.45) is 1.81. The number of nitrogens with zero attached hydrogens (tertiary/aromatic N) is 2. The molecule has 0 radical (unpaired) electrons. The van der Waals surface area contributed by atoms with Crippen LogP contribution >= 0.6 is 22.9 Å². The quantitative estimate of drug-likeness (QED) is 0.699. The molecule has 25 heavy (non-hydrogen) atoms. The highest BCUT2D eigenvalue weighted by atomic mass is 35.5. The standard InChI is InChI=1S/C19H13ClN2O2S/c1-11-15(14-7-2-3-8-16(14)21-11)10-17-18(23)22(19(24)25-17)13-6-4-5-12(20)9-13/h2-10,23H,1H3. The van der Waals surface area contributed by atoms with Gasteiger partial charge in [0, 0.05) is 21.9 Å². The van der Waals surface area contributed by atoms with Crippen LogP contribution in [-0.4, -0.2) is 15.4 Å². The molecular weight excluding hydrogens is 356 g/mol. The van der Waals surface area contributed by atoms with Gasteiger partial charge in [-0.25, -0.2) is 4.57 Å². The highest BCUT2D eigenvalue weighted by Gasteiger charge is 2.20. The van der Waals surface area contributed by atoms with Crippen LogP contribution in [0.1, 0.15) is 17.4 Å². The molecule has 4 rings (SSSR count). The molecule has 0 unspecified atom stereocenters. The molecule has 0 saturated heterocycles. The Hall–Kier alpha value is -2.63. The van der Waals surface area contributed by atoms with Gasteiger partial charge in [0.15, 0.2) is 0 Å². The first-order valence-electron chi connectivity index (χ1n) is 7.62. The zero-order valence-corrected chi connectivity index (χ0v) is 14.8. The van der Waals surface area contributed by atoms with Crippen LogP contribution in [0, 0.1) is 0 Å².